The zero-order valence-electron chi connectivity index (χ0n) is 19.6. The predicted molar refractivity (Wildman–Crippen MR) is 132 cm³/mol. The van der Waals surface area contributed by atoms with Crippen LogP contribution in [0.5, 0.6) is 0 Å². The second-order valence-electron chi connectivity index (χ2n) is 8.07. The number of anilines is 1. The van der Waals surface area contributed by atoms with Crippen molar-refractivity contribution >= 4 is 17.3 Å². The zero-order valence-corrected chi connectivity index (χ0v) is 19.6. The van der Waals surface area contributed by atoms with E-state index in [0.717, 1.165) is 38.3 Å². The molecule has 34 heavy (non-hydrogen) atoms. The molecular weight excluding hydrogens is 432 g/mol. The van der Waals surface area contributed by atoms with Gasteiger partial charge in [-0.3, -0.25) is 15.0 Å². The first kappa shape index (κ1) is 23.5. The normalized spacial score (nSPS) is 18.0. The number of benzene rings is 2. The van der Waals surface area contributed by atoms with Gasteiger partial charge in [0.15, 0.2) is 11.9 Å². The van der Waals surface area contributed by atoms with Gasteiger partial charge < -0.3 is 14.2 Å². The molecule has 1 fully saturated rings. The summed E-state index contributed by atoms with van der Waals surface area (Å²) in [4.78, 5) is 20.7. The van der Waals surface area contributed by atoms with Crippen LogP contribution in [0.25, 0.3) is 0 Å². The Morgan fingerprint density at radius 1 is 0.971 bits per heavy atom. The number of furan rings is 1. The first-order valence-corrected chi connectivity index (χ1v) is 11.7. The lowest BCUT2D eigenvalue weighted by atomic mass is 10.0. The van der Waals surface area contributed by atoms with Crippen LogP contribution in [-0.2, 0) is 11.4 Å². The summed E-state index contributed by atoms with van der Waals surface area (Å²) in [5.74, 6) is 0.0866. The van der Waals surface area contributed by atoms with E-state index in [2.05, 4.69) is 69.6 Å². The Hall–Kier alpha value is -3.65. The molecule has 2 aliphatic heterocycles. The largest absolute Gasteiger partial charge is 0.433 e. The van der Waals surface area contributed by atoms with E-state index in [0.29, 0.717) is 17.9 Å². The zero-order chi connectivity index (χ0) is 23.9. The average Bonchev–Trinajstić information content (AvgIpc) is 3.57. The van der Waals surface area contributed by atoms with Gasteiger partial charge in [0.25, 0.3) is 0 Å². The summed E-state index contributed by atoms with van der Waals surface area (Å²) in [6.45, 7) is 9.06. The summed E-state index contributed by atoms with van der Waals surface area (Å²) in [7, 11) is 0. The molecule has 1 saturated heterocycles. The van der Waals surface area contributed by atoms with Crippen LogP contribution >= 0.6 is 0 Å². The van der Waals surface area contributed by atoms with E-state index in [1.165, 1.54) is 17.3 Å². The quantitative estimate of drug-likeness (QED) is 0.360. The second-order valence-corrected chi connectivity index (χ2v) is 8.07. The molecular formula is C26H30N4O4. The minimum absolute atomic E-state index is 0.217. The molecule has 2 aliphatic rings. The van der Waals surface area contributed by atoms with Gasteiger partial charge in [-0.1, -0.05) is 61.5 Å². The van der Waals surface area contributed by atoms with E-state index >= 15 is 0 Å². The molecule has 178 valence electrons. The fourth-order valence-electron chi connectivity index (χ4n) is 4.19. The highest BCUT2D eigenvalue weighted by atomic mass is 16.7. The first-order valence-electron chi connectivity index (χ1n) is 11.7. The number of hydrogen-bond donors (Lipinski definition) is 0. The molecule has 8 heteroatoms. The van der Waals surface area contributed by atoms with Crippen molar-refractivity contribution in [2.75, 3.05) is 31.1 Å². The van der Waals surface area contributed by atoms with Gasteiger partial charge in [0, 0.05) is 44.8 Å². The number of rotatable bonds is 6. The fraction of sp³-hybridized carbons (Fsp3) is 0.346. The lowest BCUT2D eigenvalue weighted by Gasteiger charge is -2.36. The maximum absolute atomic E-state index is 10.8. The van der Waals surface area contributed by atoms with E-state index in [-0.39, 0.29) is 12.0 Å². The molecule has 0 N–H and O–H groups in total. The van der Waals surface area contributed by atoms with Gasteiger partial charge in [-0.05, 0) is 29.3 Å². The Labute approximate surface area is 199 Å². The number of oxime groups is 1. The van der Waals surface area contributed by atoms with Crippen LogP contribution in [0.1, 0.15) is 43.3 Å². The number of hydrogen-bond acceptors (Lipinski definition) is 7. The lowest BCUT2D eigenvalue weighted by molar-refractivity contribution is -0.402. The van der Waals surface area contributed by atoms with Crippen molar-refractivity contribution in [1.29, 1.82) is 0 Å². The van der Waals surface area contributed by atoms with Crippen molar-refractivity contribution in [2.45, 2.75) is 32.9 Å². The highest BCUT2D eigenvalue weighted by Gasteiger charge is 2.27. The molecule has 0 radical (unpaired) electrons. The highest BCUT2D eigenvalue weighted by molar-refractivity contribution is 5.99. The van der Waals surface area contributed by atoms with Crippen LogP contribution in [-0.4, -0.2) is 41.7 Å². The van der Waals surface area contributed by atoms with Crippen LogP contribution in [0.2, 0.25) is 0 Å². The Bertz CT molecular complexity index is 1100. The molecule has 0 saturated carbocycles. The average molecular weight is 463 g/mol. The summed E-state index contributed by atoms with van der Waals surface area (Å²) in [5, 5.41) is 14.9. The van der Waals surface area contributed by atoms with Crippen molar-refractivity contribution < 1.29 is 14.2 Å². The van der Waals surface area contributed by atoms with Crippen LogP contribution in [0, 0.1) is 10.1 Å². The first-order chi connectivity index (χ1) is 16.7. The van der Waals surface area contributed by atoms with Gasteiger partial charge in [-0.15, -0.1) is 0 Å². The lowest BCUT2D eigenvalue weighted by Crippen LogP contribution is -2.45. The van der Waals surface area contributed by atoms with E-state index < -0.39 is 4.92 Å². The van der Waals surface area contributed by atoms with Gasteiger partial charge in [-0.2, -0.15) is 0 Å². The van der Waals surface area contributed by atoms with Crippen molar-refractivity contribution in [3.63, 3.8) is 0 Å². The van der Waals surface area contributed by atoms with E-state index in [1.807, 2.05) is 13.8 Å². The molecule has 5 rings (SSSR count). The third-order valence-corrected chi connectivity index (χ3v) is 5.98. The molecule has 0 spiro atoms. The minimum atomic E-state index is -0.558. The molecule has 3 aromatic rings. The Morgan fingerprint density at radius 3 is 2.32 bits per heavy atom. The van der Waals surface area contributed by atoms with Gasteiger partial charge in [0.05, 0.1) is 6.07 Å². The Morgan fingerprint density at radius 2 is 1.68 bits per heavy atom. The molecule has 8 nitrogen and oxygen atoms in total. The maximum Gasteiger partial charge on any atom is 0.433 e. The van der Waals surface area contributed by atoms with Gasteiger partial charge in [0.2, 0.25) is 0 Å². The standard InChI is InChI=1S/C24H24N4O4.C2H6/c29-28(30)24-11-10-22(31-24)21-16-23(32-25-21)19-6-8-20(9-7-19)27-14-12-26(13-15-27)17-18-4-2-1-3-5-18;1-2/h1-11,23H,12-17H2;1-2H3. The molecule has 1 aromatic heterocycles. The third-order valence-electron chi connectivity index (χ3n) is 5.98. The molecule has 0 amide bonds. The summed E-state index contributed by atoms with van der Waals surface area (Å²) >= 11 is 0. The third kappa shape index (κ3) is 5.46. The van der Waals surface area contributed by atoms with Gasteiger partial charge in [0.1, 0.15) is 10.6 Å². The molecule has 2 aromatic carbocycles. The second kappa shape index (κ2) is 11.0. The highest BCUT2D eigenvalue weighted by Crippen LogP contribution is 2.32. The van der Waals surface area contributed by atoms with Crippen LogP contribution < -0.4 is 4.90 Å². The van der Waals surface area contributed by atoms with Crippen LogP contribution in [0.15, 0.2) is 76.3 Å². The van der Waals surface area contributed by atoms with Crippen molar-refractivity contribution in [1.82, 2.24) is 4.90 Å². The van der Waals surface area contributed by atoms with Crippen molar-refractivity contribution in [2.24, 2.45) is 5.16 Å². The molecule has 3 heterocycles. The number of nitro groups is 1. The Balaban J connectivity index is 0.00000133. The summed E-state index contributed by atoms with van der Waals surface area (Å²) in [6, 6.07) is 21.9. The summed E-state index contributed by atoms with van der Waals surface area (Å²) in [6.07, 6.45) is 0.299. The van der Waals surface area contributed by atoms with Crippen LogP contribution in [0.3, 0.4) is 0 Å². The summed E-state index contributed by atoms with van der Waals surface area (Å²) < 4.78 is 5.24. The van der Waals surface area contributed by atoms with E-state index in [1.54, 1.807) is 6.07 Å². The predicted octanol–water partition coefficient (Wildman–Crippen LogP) is 5.40. The molecule has 0 aliphatic carbocycles. The molecule has 1 atom stereocenters. The van der Waals surface area contributed by atoms with Gasteiger partial charge in [-0.25, -0.2) is 0 Å². The summed E-state index contributed by atoms with van der Waals surface area (Å²) in [5.41, 5.74) is 4.17. The number of nitrogens with zero attached hydrogens (tertiary/aromatic N) is 4. The van der Waals surface area contributed by atoms with Gasteiger partial charge >= 0.3 is 5.88 Å². The fourth-order valence-corrected chi connectivity index (χ4v) is 4.19. The topological polar surface area (TPSA) is 84.3 Å². The Kier molecular flexibility index (Phi) is 7.59. The SMILES string of the molecule is CC.O=[N+]([O-])c1ccc(C2=NOC(c3ccc(N4CCN(Cc5ccccc5)CC4)cc3)C2)o1. The van der Waals surface area contributed by atoms with Crippen molar-refractivity contribution in [3.8, 4) is 0 Å². The molecule has 0 bridgehead atoms. The smallest absolute Gasteiger partial charge is 0.399 e. The van der Waals surface area contributed by atoms with Crippen LogP contribution in [0.4, 0.5) is 11.6 Å². The van der Waals surface area contributed by atoms with E-state index in [9.17, 15) is 10.1 Å². The minimum Gasteiger partial charge on any atom is -0.399 e. The maximum atomic E-state index is 10.8. The monoisotopic (exact) mass is 462 g/mol. The number of piperazine rings is 1. The van der Waals surface area contributed by atoms with Crippen molar-refractivity contribution in [3.05, 3.63) is 93.7 Å². The molecule has 1 unspecified atom stereocenters. The van der Waals surface area contributed by atoms with E-state index in [4.69, 9.17) is 9.25 Å².